The Hall–Kier alpha value is -2.55. The largest absolute Gasteiger partial charge is 0.418 e. The molecule has 130 valence electrons. The van der Waals surface area contributed by atoms with Crippen molar-refractivity contribution in [3.63, 3.8) is 0 Å². The first kappa shape index (κ1) is 15.9. The van der Waals surface area contributed by atoms with Gasteiger partial charge in [0.1, 0.15) is 16.6 Å². The van der Waals surface area contributed by atoms with Crippen molar-refractivity contribution in [2.75, 3.05) is 6.54 Å². The average Bonchev–Trinajstić information content (AvgIpc) is 3.38. The normalized spacial score (nSPS) is 17.4. The van der Waals surface area contributed by atoms with E-state index in [9.17, 15) is 4.79 Å². The lowest BCUT2D eigenvalue weighted by Crippen LogP contribution is -2.31. The number of hydrogen-bond donors (Lipinski definition) is 0. The lowest BCUT2D eigenvalue weighted by Gasteiger charge is -2.20. The summed E-state index contributed by atoms with van der Waals surface area (Å²) in [4.78, 5) is 19.7. The van der Waals surface area contributed by atoms with Crippen molar-refractivity contribution in [3.8, 4) is 10.8 Å². The quantitative estimate of drug-likeness (QED) is 0.712. The summed E-state index contributed by atoms with van der Waals surface area (Å²) < 4.78 is 7.61. The van der Waals surface area contributed by atoms with Crippen LogP contribution in [0.15, 0.2) is 22.2 Å². The van der Waals surface area contributed by atoms with E-state index in [0.717, 1.165) is 30.0 Å². The monoisotopic (exact) mass is 358 g/mol. The third-order valence-electron chi connectivity index (χ3n) is 4.36. The van der Waals surface area contributed by atoms with Crippen LogP contribution in [0, 0.1) is 6.92 Å². The molecule has 1 aliphatic rings. The molecule has 4 rings (SSSR count). The van der Waals surface area contributed by atoms with Crippen LogP contribution in [0.2, 0.25) is 0 Å². The molecule has 1 saturated heterocycles. The molecule has 1 amide bonds. The van der Waals surface area contributed by atoms with Crippen LogP contribution in [0.25, 0.3) is 10.8 Å². The van der Waals surface area contributed by atoms with Gasteiger partial charge in [0.15, 0.2) is 0 Å². The Morgan fingerprint density at radius 1 is 1.44 bits per heavy atom. The second kappa shape index (κ2) is 6.40. The first-order valence-electron chi connectivity index (χ1n) is 8.25. The molecule has 0 spiro atoms. The second-order valence-corrected chi connectivity index (χ2v) is 6.78. The first-order valence-corrected chi connectivity index (χ1v) is 9.13. The lowest BCUT2D eigenvalue weighted by atomic mass is 10.2. The molecule has 1 atom stereocenters. The van der Waals surface area contributed by atoms with Gasteiger partial charge in [0.2, 0.25) is 5.89 Å². The molecule has 3 aromatic rings. The molecule has 0 N–H and O–H groups in total. The molecule has 1 fully saturated rings. The molecular weight excluding hydrogens is 340 g/mol. The van der Waals surface area contributed by atoms with Crippen LogP contribution in [-0.2, 0) is 6.54 Å². The Labute approximate surface area is 148 Å². The molecule has 3 aromatic heterocycles. The summed E-state index contributed by atoms with van der Waals surface area (Å²) in [5.74, 6) is 0.844. The summed E-state index contributed by atoms with van der Waals surface area (Å²) in [6, 6.07) is 1.55. The molecule has 25 heavy (non-hydrogen) atoms. The summed E-state index contributed by atoms with van der Waals surface area (Å²) in [5, 5.41) is 12.6. The predicted molar refractivity (Wildman–Crippen MR) is 91.1 cm³/mol. The molecular formula is C16H18N6O2S. The zero-order chi connectivity index (χ0) is 17.4. The van der Waals surface area contributed by atoms with Crippen molar-refractivity contribution in [1.29, 1.82) is 0 Å². The van der Waals surface area contributed by atoms with Gasteiger partial charge in [0.25, 0.3) is 11.8 Å². The lowest BCUT2D eigenvalue weighted by molar-refractivity contribution is 0.0709. The van der Waals surface area contributed by atoms with E-state index in [1.807, 2.05) is 20.0 Å². The molecule has 0 radical (unpaired) electrons. The minimum Gasteiger partial charge on any atom is -0.418 e. The topological polar surface area (TPSA) is 89.9 Å². The van der Waals surface area contributed by atoms with Gasteiger partial charge in [-0.25, -0.2) is 4.98 Å². The fraction of sp³-hybridized carbons (Fsp3) is 0.438. The van der Waals surface area contributed by atoms with Crippen LogP contribution in [0.3, 0.4) is 0 Å². The van der Waals surface area contributed by atoms with Crippen LogP contribution in [-0.4, -0.2) is 42.3 Å². The van der Waals surface area contributed by atoms with Gasteiger partial charge in [-0.2, -0.15) is 5.10 Å². The highest BCUT2D eigenvalue weighted by molar-refractivity contribution is 7.13. The van der Waals surface area contributed by atoms with Gasteiger partial charge in [0, 0.05) is 19.3 Å². The maximum absolute atomic E-state index is 12.8. The Morgan fingerprint density at radius 3 is 3.04 bits per heavy atom. The first-order chi connectivity index (χ1) is 12.2. The summed E-state index contributed by atoms with van der Waals surface area (Å²) in [7, 11) is 0. The molecule has 0 bridgehead atoms. The number of hydrogen-bond acceptors (Lipinski definition) is 7. The molecule has 0 saturated carbocycles. The minimum absolute atomic E-state index is 0.0941. The SMILES string of the molecule is CCn1ccc(C(=O)N2CCC[C@H]2c2nnc(-c3scnc3C)o2)n1. The van der Waals surface area contributed by atoms with Crippen molar-refractivity contribution in [2.45, 2.75) is 39.3 Å². The molecule has 0 unspecified atom stereocenters. The number of nitrogens with zero attached hydrogens (tertiary/aromatic N) is 6. The van der Waals surface area contributed by atoms with E-state index >= 15 is 0 Å². The number of rotatable bonds is 4. The van der Waals surface area contributed by atoms with Crippen molar-refractivity contribution in [2.24, 2.45) is 0 Å². The van der Waals surface area contributed by atoms with Gasteiger partial charge in [-0.15, -0.1) is 21.5 Å². The minimum atomic E-state index is -0.200. The van der Waals surface area contributed by atoms with E-state index in [-0.39, 0.29) is 11.9 Å². The van der Waals surface area contributed by atoms with E-state index in [0.29, 0.717) is 24.0 Å². The molecule has 0 aromatic carbocycles. The Morgan fingerprint density at radius 2 is 2.32 bits per heavy atom. The zero-order valence-corrected chi connectivity index (χ0v) is 14.9. The van der Waals surface area contributed by atoms with E-state index in [4.69, 9.17) is 4.42 Å². The molecule has 8 nitrogen and oxygen atoms in total. The van der Waals surface area contributed by atoms with E-state index in [2.05, 4.69) is 20.3 Å². The van der Waals surface area contributed by atoms with Crippen LogP contribution in [0.1, 0.15) is 47.9 Å². The number of carbonyl (C=O) groups is 1. The van der Waals surface area contributed by atoms with Gasteiger partial charge >= 0.3 is 0 Å². The van der Waals surface area contributed by atoms with E-state index < -0.39 is 0 Å². The Balaban J connectivity index is 1.58. The Kier molecular flexibility index (Phi) is 4.08. The standard InChI is InChI=1S/C16H18N6O2S/c1-3-21-8-6-11(20-21)16(23)22-7-4-5-12(22)14-18-19-15(24-14)13-10(2)17-9-25-13/h6,8-9,12H,3-5,7H2,1-2H3/t12-/m0/s1. The fourth-order valence-electron chi connectivity index (χ4n) is 3.03. The van der Waals surface area contributed by atoms with Crippen LogP contribution >= 0.6 is 11.3 Å². The number of aryl methyl sites for hydroxylation is 2. The van der Waals surface area contributed by atoms with Crippen molar-refractivity contribution in [3.05, 3.63) is 35.1 Å². The number of aromatic nitrogens is 5. The average molecular weight is 358 g/mol. The smallest absolute Gasteiger partial charge is 0.275 e. The number of likely N-dealkylation sites (tertiary alicyclic amines) is 1. The number of thiazole rings is 1. The molecule has 9 heteroatoms. The summed E-state index contributed by atoms with van der Waals surface area (Å²) in [6.45, 7) is 5.30. The summed E-state index contributed by atoms with van der Waals surface area (Å²) in [5.41, 5.74) is 3.07. The number of carbonyl (C=O) groups excluding carboxylic acids is 1. The zero-order valence-electron chi connectivity index (χ0n) is 14.0. The summed E-state index contributed by atoms with van der Waals surface area (Å²) >= 11 is 1.47. The number of amides is 1. The summed E-state index contributed by atoms with van der Waals surface area (Å²) in [6.07, 6.45) is 3.53. The maximum atomic E-state index is 12.8. The van der Waals surface area contributed by atoms with E-state index in [1.54, 1.807) is 21.2 Å². The van der Waals surface area contributed by atoms with E-state index in [1.165, 1.54) is 11.3 Å². The molecule has 1 aliphatic heterocycles. The third kappa shape index (κ3) is 2.84. The van der Waals surface area contributed by atoms with Gasteiger partial charge in [-0.1, -0.05) is 0 Å². The third-order valence-corrected chi connectivity index (χ3v) is 5.28. The maximum Gasteiger partial charge on any atom is 0.275 e. The molecule has 4 heterocycles. The fourth-order valence-corrected chi connectivity index (χ4v) is 3.76. The van der Waals surface area contributed by atoms with Crippen LogP contribution < -0.4 is 0 Å². The highest BCUT2D eigenvalue weighted by Gasteiger charge is 2.35. The van der Waals surface area contributed by atoms with Gasteiger partial charge in [-0.05, 0) is 32.8 Å². The second-order valence-electron chi connectivity index (χ2n) is 5.93. The Bertz CT molecular complexity index is 898. The predicted octanol–water partition coefficient (Wildman–Crippen LogP) is 2.70. The molecule has 0 aliphatic carbocycles. The van der Waals surface area contributed by atoms with Gasteiger partial charge in [-0.3, -0.25) is 9.48 Å². The van der Waals surface area contributed by atoms with Crippen LogP contribution in [0.4, 0.5) is 0 Å². The van der Waals surface area contributed by atoms with Crippen molar-refractivity contribution < 1.29 is 9.21 Å². The van der Waals surface area contributed by atoms with Gasteiger partial charge < -0.3 is 9.32 Å². The van der Waals surface area contributed by atoms with Crippen LogP contribution in [0.5, 0.6) is 0 Å². The van der Waals surface area contributed by atoms with Crippen molar-refractivity contribution >= 4 is 17.2 Å². The highest BCUT2D eigenvalue weighted by Crippen LogP contribution is 2.34. The highest BCUT2D eigenvalue weighted by atomic mass is 32.1. The van der Waals surface area contributed by atoms with Crippen molar-refractivity contribution in [1.82, 2.24) is 29.9 Å². The van der Waals surface area contributed by atoms with Gasteiger partial charge in [0.05, 0.1) is 11.2 Å².